The highest BCUT2D eigenvalue weighted by atomic mass is 16.7. The van der Waals surface area contributed by atoms with Gasteiger partial charge < -0.3 is 0 Å². The molecule has 0 aromatic heterocycles. The summed E-state index contributed by atoms with van der Waals surface area (Å²) in [4.78, 5) is 16.2. The van der Waals surface area contributed by atoms with Gasteiger partial charge in [0.1, 0.15) is 5.78 Å². The van der Waals surface area contributed by atoms with E-state index in [2.05, 4.69) is 6.92 Å². The van der Waals surface area contributed by atoms with Crippen molar-refractivity contribution in [3.63, 3.8) is 0 Å². The fraction of sp³-hybridized carbons (Fsp3) is 0.875. The van der Waals surface area contributed by atoms with Crippen molar-refractivity contribution in [2.45, 2.75) is 26.2 Å². The van der Waals surface area contributed by atoms with Gasteiger partial charge in [0.2, 0.25) is 0 Å². The summed E-state index contributed by atoms with van der Waals surface area (Å²) in [6, 6.07) is 0. The highest BCUT2D eigenvalue weighted by Crippen LogP contribution is 2.05. The van der Waals surface area contributed by atoms with Crippen LogP contribution in [0.25, 0.3) is 0 Å². The molecule has 0 bridgehead atoms. The average Bonchev–Trinajstić information content (AvgIpc) is 2.04. The molecule has 0 atom stereocenters. The second kappa shape index (κ2) is 4.46. The van der Waals surface area contributed by atoms with Crippen LogP contribution in [0.1, 0.15) is 26.2 Å². The number of piperidine rings is 1. The number of carbonyl (C=O) groups is 1. The third-order valence-electron chi connectivity index (χ3n) is 1.76. The molecule has 1 saturated heterocycles. The van der Waals surface area contributed by atoms with Crippen molar-refractivity contribution < 1.29 is 9.63 Å². The van der Waals surface area contributed by atoms with Crippen LogP contribution in [-0.2, 0) is 9.63 Å². The quantitative estimate of drug-likeness (QED) is 0.612. The lowest BCUT2D eigenvalue weighted by atomic mass is 10.1. The lowest BCUT2D eigenvalue weighted by molar-refractivity contribution is -0.172. The van der Waals surface area contributed by atoms with Gasteiger partial charge in [-0.05, 0) is 6.42 Å². The van der Waals surface area contributed by atoms with E-state index < -0.39 is 0 Å². The van der Waals surface area contributed by atoms with E-state index in [9.17, 15) is 4.79 Å². The Balaban J connectivity index is 2.12. The minimum atomic E-state index is 0.362. The molecule has 1 fully saturated rings. The Labute approximate surface area is 67.3 Å². The van der Waals surface area contributed by atoms with Crippen LogP contribution in [0.15, 0.2) is 0 Å². The van der Waals surface area contributed by atoms with E-state index in [1.165, 1.54) is 0 Å². The van der Waals surface area contributed by atoms with Gasteiger partial charge in [-0.2, -0.15) is 5.06 Å². The molecule has 11 heavy (non-hydrogen) atoms. The fourth-order valence-electron chi connectivity index (χ4n) is 1.09. The smallest absolute Gasteiger partial charge is 0.135 e. The van der Waals surface area contributed by atoms with Crippen molar-refractivity contribution in [3.8, 4) is 0 Å². The van der Waals surface area contributed by atoms with Crippen LogP contribution in [0.3, 0.4) is 0 Å². The number of carbonyl (C=O) groups excluding carboxylic acids is 1. The molecule has 0 N–H and O–H groups in total. The molecule has 3 heteroatoms. The van der Waals surface area contributed by atoms with E-state index in [-0.39, 0.29) is 0 Å². The SMILES string of the molecule is CCCON1CCC(=O)CC1. The standard InChI is InChI=1S/C8H15NO2/c1-2-7-11-9-5-3-8(10)4-6-9/h2-7H2,1H3. The first-order valence-electron chi connectivity index (χ1n) is 4.22. The number of rotatable bonds is 3. The predicted octanol–water partition coefficient (Wildman–Crippen LogP) is 0.993. The summed E-state index contributed by atoms with van der Waals surface area (Å²) < 4.78 is 0. The van der Waals surface area contributed by atoms with Gasteiger partial charge in [0, 0.05) is 25.9 Å². The third-order valence-corrected chi connectivity index (χ3v) is 1.76. The summed E-state index contributed by atoms with van der Waals surface area (Å²) in [6.45, 7) is 4.40. The van der Waals surface area contributed by atoms with Crippen LogP contribution in [0.2, 0.25) is 0 Å². The normalized spacial score (nSPS) is 20.6. The molecule has 0 amide bonds. The summed E-state index contributed by atoms with van der Waals surface area (Å²) in [5.74, 6) is 0.362. The summed E-state index contributed by atoms with van der Waals surface area (Å²) in [5.41, 5.74) is 0. The van der Waals surface area contributed by atoms with Crippen LogP contribution in [0.4, 0.5) is 0 Å². The molecular weight excluding hydrogens is 142 g/mol. The largest absolute Gasteiger partial charge is 0.300 e. The number of ketones is 1. The number of nitrogens with zero attached hydrogens (tertiary/aromatic N) is 1. The summed E-state index contributed by atoms with van der Waals surface area (Å²) >= 11 is 0. The van der Waals surface area contributed by atoms with Crippen molar-refractivity contribution in [3.05, 3.63) is 0 Å². The highest BCUT2D eigenvalue weighted by Gasteiger charge is 2.15. The Morgan fingerprint density at radius 2 is 2.09 bits per heavy atom. The van der Waals surface area contributed by atoms with Crippen LogP contribution < -0.4 is 0 Å². The Morgan fingerprint density at radius 3 is 2.64 bits per heavy atom. The van der Waals surface area contributed by atoms with Crippen LogP contribution in [0.5, 0.6) is 0 Å². The number of Topliss-reactive ketones (excluding diaryl/α,β-unsaturated/α-hetero) is 1. The molecule has 0 spiro atoms. The number of hydrogen-bond donors (Lipinski definition) is 0. The second-order valence-corrected chi connectivity index (χ2v) is 2.80. The van der Waals surface area contributed by atoms with Crippen molar-refractivity contribution in [2.75, 3.05) is 19.7 Å². The first-order valence-corrected chi connectivity index (χ1v) is 4.22. The zero-order valence-electron chi connectivity index (χ0n) is 7.01. The van der Waals surface area contributed by atoms with Crippen LogP contribution in [-0.4, -0.2) is 30.5 Å². The van der Waals surface area contributed by atoms with E-state index in [1.807, 2.05) is 5.06 Å². The number of hydroxylamine groups is 2. The van der Waals surface area contributed by atoms with Gasteiger partial charge in [-0.1, -0.05) is 6.92 Å². The predicted molar refractivity (Wildman–Crippen MR) is 42.1 cm³/mol. The van der Waals surface area contributed by atoms with Gasteiger partial charge in [0.25, 0.3) is 0 Å². The summed E-state index contributed by atoms with van der Waals surface area (Å²) in [6.07, 6.45) is 2.35. The van der Waals surface area contributed by atoms with Gasteiger partial charge >= 0.3 is 0 Å². The minimum Gasteiger partial charge on any atom is -0.300 e. The molecule has 0 aromatic rings. The van der Waals surface area contributed by atoms with Gasteiger partial charge in [0.15, 0.2) is 0 Å². The molecular formula is C8H15NO2. The van der Waals surface area contributed by atoms with Crippen molar-refractivity contribution in [1.82, 2.24) is 5.06 Å². The van der Waals surface area contributed by atoms with E-state index in [0.717, 1.165) is 26.1 Å². The summed E-state index contributed by atoms with van der Waals surface area (Å²) in [5, 5.41) is 1.89. The average molecular weight is 157 g/mol. The minimum absolute atomic E-state index is 0.362. The summed E-state index contributed by atoms with van der Waals surface area (Å²) in [7, 11) is 0. The maximum atomic E-state index is 10.8. The second-order valence-electron chi connectivity index (χ2n) is 2.80. The highest BCUT2D eigenvalue weighted by molar-refractivity contribution is 5.79. The van der Waals surface area contributed by atoms with Crippen molar-refractivity contribution in [1.29, 1.82) is 0 Å². The van der Waals surface area contributed by atoms with E-state index in [0.29, 0.717) is 18.6 Å². The molecule has 0 aliphatic carbocycles. The third kappa shape index (κ3) is 2.99. The zero-order valence-corrected chi connectivity index (χ0v) is 7.01. The first kappa shape index (κ1) is 8.68. The van der Waals surface area contributed by atoms with E-state index >= 15 is 0 Å². The van der Waals surface area contributed by atoms with Crippen molar-refractivity contribution in [2.24, 2.45) is 0 Å². The van der Waals surface area contributed by atoms with Gasteiger partial charge in [-0.3, -0.25) is 9.63 Å². The number of hydrogen-bond acceptors (Lipinski definition) is 3. The first-order chi connectivity index (χ1) is 5.33. The Bertz CT molecular complexity index is 126. The van der Waals surface area contributed by atoms with E-state index in [1.54, 1.807) is 0 Å². The van der Waals surface area contributed by atoms with Gasteiger partial charge in [-0.15, -0.1) is 0 Å². The lowest BCUT2D eigenvalue weighted by Crippen LogP contribution is -2.34. The molecule has 0 saturated carbocycles. The topological polar surface area (TPSA) is 29.5 Å². The van der Waals surface area contributed by atoms with Gasteiger partial charge in [0.05, 0.1) is 6.61 Å². The molecule has 64 valence electrons. The maximum Gasteiger partial charge on any atom is 0.135 e. The Kier molecular flexibility index (Phi) is 3.52. The molecule has 1 aliphatic heterocycles. The maximum absolute atomic E-state index is 10.8. The Hall–Kier alpha value is -0.410. The van der Waals surface area contributed by atoms with Gasteiger partial charge in [-0.25, -0.2) is 0 Å². The van der Waals surface area contributed by atoms with Crippen LogP contribution in [0, 0.1) is 0 Å². The molecule has 0 radical (unpaired) electrons. The molecule has 0 aromatic carbocycles. The fourth-order valence-corrected chi connectivity index (χ4v) is 1.09. The molecule has 1 heterocycles. The zero-order chi connectivity index (χ0) is 8.10. The lowest BCUT2D eigenvalue weighted by Gasteiger charge is -2.24. The Morgan fingerprint density at radius 1 is 1.45 bits per heavy atom. The monoisotopic (exact) mass is 157 g/mol. The molecule has 1 rings (SSSR count). The van der Waals surface area contributed by atoms with E-state index in [4.69, 9.17) is 4.84 Å². The molecule has 0 unspecified atom stereocenters. The van der Waals surface area contributed by atoms with Crippen LogP contribution >= 0.6 is 0 Å². The van der Waals surface area contributed by atoms with Crippen molar-refractivity contribution >= 4 is 5.78 Å². The molecule has 3 nitrogen and oxygen atoms in total. The molecule has 1 aliphatic rings.